The van der Waals surface area contributed by atoms with Crippen LogP contribution in [0.1, 0.15) is 11.3 Å². The van der Waals surface area contributed by atoms with E-state index in [0.29, 0.717) is 19.1 Å². The number of nitrogens with two attached hydrogens (primary N) is 1. The molecular weight excluding hydrogens is 210 g/mol. The van der Waals surface area contributed by atoms with Gasteiger partial charge in [-0.3, -0.25) is 10.1 Å². The quantitative estimate of drug-likeness (QED) is 0.750. The molecule has 2 heterocycles. The van der Waals surface area contributed by atoms with Gasteiger partial charge in [0.05, 0.1) is 24.8 Å². The fourth-order valence-electron chi connectivity index (χ4n) is 1.58. The van der Waals surface area contributed by atoms with Crippen molar-refractivity contribution in [3.63, 3.8) is 0 Å². The third-order valence-corrected chi connectivity index (χ3v) is 2.86. The molecule has 2 atom stereocenters. The molecule has 1 aliphatic rings. The molecule has 1 aliphatic heterocycles. The highest BCUT2D eigenvalue weighted by molar-refractivity contribution is 5.92. The van der Waals surface area contributed by atoms with E-state index in [1.165, 1.54) is 0 Å². The Bertz CT molecular complexity index is 402. The van der Waals surface area contributed by atoms with E-state index in [-0.39, 0.29) is 17.9 Å². The Balaban J connectivity index is 2.05. The zero-order chi connectivity index (χ0) is 11.7. The molecular formula is C10H15N3O3. The van der Waals surface area contributed by atoms with Crippen LogP contribution in [0, 0.1) is 19.8 Å². The van der Waals surface area contributed by atoms with Crippen LogP contribution in [0.25, 0.3) is 0 Å². The van der Waals surface area contributed by atoms with Crippen LogP contribution < -0.4 is 11.1 Å². The summed E-state index contributed by atoms with van der Waals surface area (Å²) in [7, 11) is 0. The first-order valence-corrected chi connectivity index (χ1v) is 5.16. The predicted octanol–water partition coefficient (Wildman–Crippen LogP) is 0.204. The number of amides is 1. The van der Waals surface area contributed by atoms with Gasteiger partial charge in [-0.2, -0.15) is 0 Å². The predicted molar refractivity (Wildman–Crippen MR) is 56.9 cm³/mol. The first-order chi connectivity index (χ1) is 7.59. The van der Waals surface area contributed by atoms with E-state index in [1.807, 2.05) is 13.8 Å². The lowest BCUT2D eigenvalue weighted by Crippen LogP contribution is -2.37. The van der Waals surface area contributed by atoms with Gasteiger partial charge < -0.3 is 15.0 Å². The van der Waals surface area contributed by atoms with Crippen molar-refractivity contribution in [1.82, 2.24) is 5.16 Å². The normalized spacial score (nSPS) is 24.7. The Morgan fingerprint density at radius 2 is 2.25 bits per heavy atom. The summed E-state index contributed by atoms with van der Waals surface area (Å²) < 4.78 is 10.1. The molecule has 1 aromatic heterocycles. The number of ether oxygens (including phenoxy) is 1. The summed E-state index contributed by atoms with van der Waals surface area (Å²) in [6.07, 6.45) is 0. The van der Waals surface area contributed by atoms with Crippen molar-refractivity contribution in [1.29, 1.82) is 0 Å². The molecule has 2 unspecified atom stereocenters. The average molecular weight is 225 g/mol. The van der Waals surface area contributed by atoms with E-state index in [2.05, 4.69) is 10.5 Å². The van der Waals surface area contributed by atoms with Gasteiger partial charge >= 0.3 is 0 Å². The zero-order valence-corrected chi connectivity index (χ0v) is 9.32. The Morgan fingerprint density at radius 1 is 1.50 bits per heavy atom. The first kappa shape index (κ1) is 11.1. The Labute approximate surface area is 93.1 Å². The van der Waals surface area contributed by atoms with E-state index in [1.54, 1.807) is 0 Å². The SMILES string of the molecule is Cc1noc(NC(=O)C2COCC2N)c1C. The largest absolute Gasteiger partial charge is 0.379 e. The summed E-state index contributed by atoms with van der Waals surface area (Å²) in [5.41, 5.74) is 7.34. The van der Waals surface area contributed by atoms with E-state index >= 15 is 0 Å². The van der Waals surface area contributed by atoms with Gasteiger partial charge in [-0.05, 0) is 13.8 Å². The zero-order valence-electron chi connectivity index (χ0n) is 9.32. The summed E-state index contributed by atoms with van der Waals surface area (Å²) in [5, 5.41) is 6.44. The van der Waals surface area contributed by atoms with Crippen LogP contribution in [0.3, 0.4) is 0 Å². The number of aryl methyl sites for hydroxylation is 1. The van der Waals surface area contributed by atoms with Crippen LogP contribution in [-0.2, 0) is 9.53 Å². The topological polar surface area (TPSA) is 90.4 Å². The van der Waals surface area contributed by atoms with Crippen molar-refractivity contribution in [2.45, 2.75) is 19.9 Å². The summed E-state index contributed by atoms with van der Waals surface area (Å²) in [6.45, 7) is 4.44. The number of hydrogen-bond donors (Lipinski definition) is 2. The maximum atomic E-state index is 11.8. The van der Waals surface area contributed by atoms with E-state index in [4.69, 9.17) is 15.0 Å². The summed E-state index contributed by atoms with van der Waals surface area (Å²) >= 11 is 0. The molecule has 1 fully saturated rings. The fourth-order valence-corrected chi connectivity index (χ4v) is 1.58. The number of carbonyl (C=O) groups excluding carboxylic acids is 1. The van der Waals surface area contributed by atoms with Crippen LogP contribution in [-0.4, -0.2) is 30.3 Å². The van der Waals surface area contributed by atoms with E-state index < -0.39 is 0 Å². The van der Waals surface area contributed by atoms with Gasteiger partial charge in [-0.1, -0.05) is 5.16 Å². The van der Waals surface area contributed by atoms with Crippen LogP contribution >= 0.6 is 0 Å². The minimum atomic E-state index is -0.315. The molecule has 0 spiro atoms. The molecule has 0 saturated carbocycles. The van der Waals surface area contributed by atoms with Crippen molar-refractivity contribution >= 4 is 11.8 Å². The van der Waals surface area contributed by atoms with E-state index in [0.717, 1.165) is 11.3 Å². The molecule has 1 saturated heterocycles. The van der Waals surface area contributed by atoms with Gasteiger partial charge in [0.15, 0.2) is 0 Å². The summed E-state index contributed by atoms with van der Waals surface area (Å²) in [5.74, 6) is -0.101. The number of aromatic nitrogens is 1. The number of nitrogens with one attached hydrogen (secondary N) is 1. The molecule has 6 nitrogen and oxygen atoms in total. The highest BCUT2D eigenvalue weighted by Gasteiger charge is 2.32. The lowest BCUT2D eigenvalue weighted by atomic mass is 10.0. The minimum Gasteiger partial charge on any atom is -0.379 e. The average Bonchev–Trinajstić information content (AvgIpc) is 2.79. The molecule has 0 radical (unpaired) electrons. The third-order valence-electron chi connectivity index (χ3n) is 2.86. The van der Waals surface area contributed by atoms with Crippen molar-refractivity contribution in [3.05, 3.63) is 11.3 Å². The Morgan fingerprint density at radius 3 is 2.75 bits per heavy atom. The van der Waals surface area contributed by atoms with Crippen molar-refractivity contribution in [3.8, 4) is 0 Å². The molecule has 16 heavy (non-hydrogen) atoms. The standard InChI is InChI=1S/C10H15N3O3/c1-5-6(2)13-16-10(5)12-9(14)7-3-15-4-8(7)11/h7-8H,3-4,11H2,1-2H3,(H,12,14). The molecule has 1 amide bonds. The van der Waals surface area contributed by atoms with Gasteiger partial charge in [-0.15, -0.1) is 0 Å². The Kier molecular flexibility index (Phi) is 2.93. The van der Waals surface area contributed by atoms with Gasteiger partial charge in [-0.25, -0.2) is 0 Å². The second kappa shape index (κ2) is 4.23. The second-order valence-electron chi connectivity index (χ2n) is 4.02. The number of carbonyl (C=O) groups is 1. The monoisotopic (exact) mass is 225 g/mol. The molecule has 2 rings (SSSR count). The molecule has 0 bridgehead atoms. The smallest absolute Gasteiger partial charge is 0.234 e. The summed E-state index contributed by atoms with van der Waals surface area (Å²) in [6, 6.07) is -0.246. The van der Waals surface area contributed by atoms with Crippen molar-refractivity contribution < 1.29 is 14.1 Å². The molecule has 88 valence electrons. The summed E-state index contributed by atoms with van der Waals surface area (Å²) in [4.78, 5) is 11.8. The Hall–Kier alpha value is -1.40. The fraction of sp³-hybridized carbons (Fsp3) is 0.600. The highest BCUT2D eigenvalue weighted by atomic mass is 16.5. The lowest BCUT2D eigenvalue weighted by molar-refractivity contribution is -0.120. The van der Waals surface area contributed by atoms with Crippen LogP contribution in [0.2, 0.25) is 0 Å². The molecule has 0 aromatic carbocycles. The van der Waals surface area contributed by atoms with Gasteiger partial charge in [0.2, 0.25) is 11.8 Å². The van der Waals surface area contributed by atoms with Crippen LogP contribution in [0.4, 0.5) is 5.88 Å². The second-order valence-corrected chi connectivity index (χ2v) is 4.02. The third kappa shape index (κ3) is 1.94. The number of anilines is 1. The number of rotatable bonds is 2. The van der Waals surface area contributed by atoms with Crippen molar-refractivity contribution in [2.75, 3.05) is 18.5 Å². The minimum absolute atomic E-state index is 0.177. The number of hydrogen-bond acceptors (Lipinski definition) is 5. The van der Waals surface area contributed by atoms with Gasteiger partial charge in [0.1, 0.15) is 0 Å². The van der Waals surface area contributed by atoms with Gasteiger partial charge in [0, 0.05) is 11.6 Å². The first-order valence-electron chi connectivity index (χ1n) is 5.16. The highest BCUT2D eigenvalue weighted by Crippen LogP contribution is 2.20. The number of nitrogens with zero attached hydrogens (tertiary/aromatic N) is 1. The maximum absolute atomic E-state index is 11.8. The van der Waals surface area contributed by atoms with Crippen LogP contribution in [0.5, 0.6) is 0 Å². The molecule has 1 aromatic rings. The van der Waals surface area contributed by atoms with E-state index in [9.17, 15) is 4.79 Å². The molecule has 0 aliphatic carbocycles. The lowest BCUT2D eigenvalue weighted by Gasteiger charge is -2.11. The molecule has 6 heteroatoms. The molecule has 3 N–H and O–H groups in total. The van der Waals surface area contributed by atoms with Crippen molar-refractivity contribution in [2.24, 2.45) is 11.7 Å². The maximum Gasteiger partial charge on any atom is 0.234 e. The van der Waals surface area contributed by atoms with Crippen LogP contribution in [0.15, 0.2) is 4.52 Å². The van der Waals surface area contributed by atoms with Gasteiger partial charge in [0.25, 0.3) is 0 Å².